The summed E-state index contributed by atoms with van der Waals surface area (Å²) in [5.41, 5.74) is 16.7. The molecule has 1 atom stereocenters. The molecule has 1 N–H and O–H groups in total. The van der Waals surface area contributed by atoms with E-state index < -0.39 is 0 Å². The predicted molar refractivity (Wildman–Crippen MR) is 225 cm³/mol. The normalized spacial score (nSPS) is 14.3. The van der Waals surface area contributed by atoms with E-state index in [1.54, 1.807) is 0 Å². The second-order valence-electron chi connectivity index (χ2n) is 14.1. The average Bonchev–Trinajstić information content (AvgIpc) is 3.58. The van der Waals surface area contributed by atoms with Crippen molar-refractivity contribution < 1.29 is 0 Å². The molecule has 9 aromatic rings. The summed E-state index contributed by atoms with van der Waals surface area (Å²) >= 11 is 0. The summed E-state index contributed by atoms with van der Waals surface area (Å²) in [5, 5.41) is 9.91. The number of fused-ring (bicyclic) bond motifs is 5. The topological polar surface area (TPSA) is 37.8 Å². The lowest BCUT2D eigenvalue weighted by molar-refractivity contribution is 0.737. The van der Waals surface area contributed by atoms with Crippen LogP contribution in [0.15, 0.2) is 188 Å². The van der Waals surface area contributed by atoms with E-state index in [1.807, 2.05) is 24.5 Å². The van der Waals surface area contributed by atoms with Crippen LogP contribution in [0.3, 0.4) is 0 Å². The van der Waals surface area contributed by atoms with Gasteiger partial charge in [0.05, 0.1) is 17.3 Å². The Labute approximate surface area is 313 Å². The second-order valence-corrected chi connectivity index (χ2v) is 14.1. The Bertz CT molecular complexity index is 2910. The number of hydrogen-bond donors (Lipinski definition) is 1. The standard InChI is InChI=1S/C51H33N3/c1-3-13-32(14-4-1)47-39-17-7-8-18-40(39)48(33-15-5-2-6-16-33)51-42-27-26-35(38-19-11-20-41(49(38)42)50(47)51)34-24-25-36-37(28-30-53-46(36)31-34)43-22-12-23-45(54-43)44-21-9-10-29-52-44/h1-31,45,54H. The van der Waals surface area contributed by atoms with Crippen LogP contribution in [0, 0.1) is 0 Å². The molecule has 7 aromatic carbocycles. The number of pyridine rings is 2. The first kappa shape index (κ1) is 30.5. The fraction of sp³-hybridized carbons (Fsp3) is 0.0196. The molecule has 2 aliphatic rings. The summed E-state index contributed by atoms with van der Waals surface area (Å²) in [6.45, 7) is 0. The zero-order chi connectivity index (χ0) is 35.6. The minimum absolute atomic E-state index is 0.00812. The number of nitrogens with one attached hydrogen (secondary N) is 1. The molecule has 2 aromatic heterocycles. The van der Waals surface area contributed by atoms with E-state index in [1.165, 1.54) is 71.6 Å². The molecule has 1 aliphatic carbocycles. The maximum Gasteiger partial charge on any atom is 0.0873 e. The molecule has 0 bridgehead atoms. The van der Waals surface area contributed by atoms with Crippen molar-refractivity contribution in [1.29, 1.82) is 0 Å². The van der Waals surface area contributed by atoms with Crippen LogP contribution in [0.4, 0.5) is 0 Å². The lowest BCUT2D eigenvalue weighted by Gasteiger charge is -2.22. The maximum atomic E-state index is 4.90. The van der Waals surface area contributed by atoms with Gasteiger partial charge in [-0.3, -0.25) is 9.97 Å². The van der Waals surface area contributed by atoms with Crippen LogP contribution < -0.4 is 5.32 Å². The molecule has 3 heterocycles. The van der Waals surface area contributed by atoms with Gasteiger partial charge in [-0.05, 0) is 108 Å². The van der Waals surface area contributed by atoms with Gasteiger partial charge in [-0.25, -0.2) is 0 Å². The van der Waals surface area contributed by atoms with Gasteiger partial charge in [0.15, 0.2) is 0 Å². The van der Waals surface area contributed by atoms with Crippen molar-refractivity contribution in [2.75, 3.05) is 0 Å². The lowest BCUT2D eigenvalue weighted by atomic mass is 9.82. The van der Waals surface area contributed by atoms with E-state index in [4.69, 9.17) is 4.98 Å². The Balaban J connectivity index is 1.10. The molecular weight excluding hydrogens is 655 g/mol. The van der Waals surface area contributed by atoms with Crippen molar-refractivity contribution in [3.8, 4) is 55.6 Å². The quantitative estimate of drug-likeness (QED) is 0.196. The highest BCUT2D eigenvalue weighted by Crippen LogP contribution is 2.58. The minimum Gasteiger partial charge on any atom is -0.373 e. The number of aromatic nitrogens is 2. The summed E-state index contributed by atoms with van der Waals surface area (Å²) in [6.07, 6.45) is 10.2. The molecule has 0 saturated heterocycles. The smallest absolute Gasteiger partial charge is 0.0873 e. The Morgan fingerprint density at radius 3 is 1.81 bits per heavy atom. The van der Waals surface area contributed by atoms with Crippen molar-refractivity contribution in [2.24, 2.45) is 0 Å². The third-order valence-corrected chi connectivity index (χ3v) is 11.1. The lowest BCUT2D eigenvalue weighted by Crippen LogP contribution is -2.21. The Morgan fingerprint density at radius 2 is 1.09 bits per heavy atom. The van der Waals surface area contributed by atoms with Crippen LogP contribution in [-0.4, -0.2) is 9.97 Å². The minimum atomic E-state index is 0.00812. The molecule has 252 valence electrons. The van der Waals surface area contributed by atoms with Gasteiger partial charge < -0.3 is 5.32 Å². The number of benzene rings is 7. The largest absolute Gasteiger partial charge is 0.373 e. The number of dihydropyridines is 1. The third-order valence-electron chi connectivity index (χ3n) is 11.1. The monoisotopic (exact) mass is 687 g/mol. The van der Waals surface area contributed by atoms with Crippen LogP contribution in [0.5, 0.6) is 0 Å². The van der Waals surface area contributed by atoms with Crippen molar-refractivity contribution in [3.63, 3.8) is 0 Å². The van der Waals surface area contributed by atoms with Gasteiger partial charge in [0.2, 0.25) is 0 Å². The Kier molecular flexibility index (Phi) is 6.93. The van der Waals surface area contributed by atoms with Crippen molar-refractivity contribution in [2.45, 2.75) is 6.04 Å². The molecule has 0 fully saturated rings. The molecule has 1 unspecified atom stereocenters. The van der Waals surface area contributed by atoms with Gasteiger partial charge in [-0.1, -0.05) is 146 Å². The van der Waals surface area contributed by atoms with E-state index in [-0.39, 0.29) is 6.04 Å². The first-order valence-corrected chi connectivity index (χ1v) is 18.5. The van der Waals surface area contributed by atoms with E-state index in [0.29, 0.717) is 0 Å². The number of rotatable bonds is 5. The Hall–Kier alpha value is -7.10. The van der Waals surface area contributed by atoms with E-state index in [2.05, 4.69) is 174 Å². The van der Waals surface area contributed by atoms with Crippen LogP contribution in [0.25, 0.3) is 93.8 Å². The summed E-state index contributed by atoms with van der Waals surface area (Å²) in [6, 6.07) is 57.2. The molecule has 3 heteroatoms. The molecule has 0 spiro atoms. The van der Waals surface area contributed by atoms with Gasteiger partial charge in [0.1, 0.15) is 0 Å². The highest BCUT2D eigenvalue weighted by molar-refractivity contribution is 6.28. The molecule has 0 amide bonds. The molecule has 1 aliphatic heterocycles. The van der Waals surface area contributed by atoms with Crippen LogP contribution in [0.2, 0.25) is 0 Å². The third kappa shape index (κ3) is 4.69. The van der Waals surface area contributed by atoms with E-state index in [9.17, 15) is 0 Å². The summed E-state index contributed by atoms with van der Waals surface area (Å²) < 4.78 is 0. The number of nitrogens with zero attached hydrogens (tertiary/aromatic N) is 2. The van der Waals surface area contributed by atoms with Gasteiger partial charge in [-0.2, -0.15) is 0 Å². The summed E-state index contributed by atoms with van der Waals surface area (Å²) in [4.78, 5) is 9.49. The van der Waals surface area contributed by atoms with Gasteiger partial charge in [-0.15, -0.1) is 0 Å². The zero-order valence-corrected chi connectivity index (χ0v) is 29.4. The number of hydrogen-bond acceptors (Lipinski definition) is 3. The highest BCUT2D eigenvalue weighted by atomic mass is 15.0. The first-order valence-electron chi connectivity index (χ1n) is 18.5. The predicted octanol–water partition coefficient (Wildman–Crippen LogP) is 12.8. The van der Waals surface area contributed by atoms with Crippen molar-refractivity contribution in [1.82, 2.24) is 15.3 Å². The van der Waals surface area contributed by atoms with Gasteiger partial charge in [0.25, 0.3) is 0 Å². The Morgan fingerprint density at radius 1 is 0.426 bits per heavy atom. The molecular formula is C51H33N3. The maximum absolute atomic E-state index is 4.90. The van der Waals surface area contributed by atoms with Crippen LogP contribution in [-0.2, 0) is 0 Å². The number of allylic oxidation sites excluding steroid dienone is 2. The van der Waals surface area contributed by atoms with Crippen LogP contribution >= 0.6 is 0 Å². The molecule has 11 rings (SSSR count). The molecule has 54 heavy (non-hydrogen) atoms. The molecule has 3 nitrogen and oxygen atoms in total. The molecule has 0 radical (unpaired) electrons. The summed E-state index contributed by atoms with van der Waals surface area (Å²) in [7, 11) is 0. The van der Waals surface area contributed by atoms with Crippen molar-refractivity contribution in [3.05, 3.63) is 200 Å². The zero-order valence-electron chi connectivity index (χ0n) is 29.4. The van der Waals surface area contributed by atoms with E-state index >= 15 is 0 Å². The van der Waals surface area contributed by atoms with Crippen molar-refractivity contribution >= 4 is 38.1 Å². The molecule has 0 saturated carbocycles. The van der Waals surface area contributed by atoms with E-state index in [0.717, 1.165) is 33.4 Å². The highest BCUT2D eigenvalue weighted by Gasteiger charge is 2.31. The first-order chi connectivity index (χ1) is 26.8. The fourth-order valence-electron chi connectivity index (χ4n) is 8.84. The SMILES string of the molecule is C1=CC(c2ccccn2)NC(c2ccnc3cc(-c4ccc5c6c(cccc46)-c4c-5c(-c5ccccc5)c5ccccc5c4-c4ccccc4)ccc23)=C1. The van der Waals surface area contributed by atoms with Gasteiger partial charge >= 0.3 is 0 Å². The average molecular weight is 688 g/mol. The van der Waals surface area contributed by atoms with Crippen LogP contribution in [0.1, 0.15) is 17.3 Å². The summed E-state index contributed by atoms with van der Waals surface area (Å²) in [5.74, 6) is 0. The second kappa shape index (κ2) is 12.3. The fourth-order valence-corrected chi connectivity index (χ4v) is 8.84. The van der Waals surface area contributed by atoms with Gasteiger partial charge in [0, 0.05) is 29.0 Å².